The Bertz CT molecular complexity index is 261. The number of hydrogen-bond acceptors (Lipinski definition) is 3. The third-order valence-electron chi connectivity index (χ3n) is 3.02. The lowest BCUT2D eigenvalue weighted by Crippen LogP contribution is -2.38. The Morgan fingerprint density at radius 1 is 1.35 bits per heavy atom. The van der Waals surface area contributed by atoms with Crippen LogP contribution in [0, 0.1) is 5.92 Å². The van der Waals surface area contributed by atoms with Gasteiger partial charge in [-0.3, -0.25) is 9.59 Å². The summed E-state index contributed by atoms with van der Waals surface area (Å²) < 4.78 is 0. The largest absolute Gasteiger partial charge is 0.359 e. The summed E-state index contributed by atoms with van der Waals surface area (Å²) in [6, 6.07) is 0.156. The molecule has 2 amide bonds. The predicted molar refractivity (Wildman–Crippen MR) is 68.9 cm³/mol. The van der Waals surface area contributed by atoms with Gasteiger partial charge in [0.25, 0.3) is 0 Å². The number of nitrogens with two attached hydrogens (primary N) is 1. The summed E-state index contributed by atoms with van der Waals surface area (Å²) in [5.41, 5.74) is 5.82. The average Bonchev–Trinajstić information content (AvgIpc) is 2.28. The molecule has 1 rings (SSSR count). The Balaban J connectivity index is 0.00000256. The number of carbonyl (C=O) groups excluding carboxylic acids is 2. The van der Waals surface area contributed by atoms with Crippen LogP contribution in [0.1, 0.15) is 32.1 Å². The van der Waals surface area contributed by atoms with Crippen molar-refractivity contribution in [2.24, 2.45) is 11.7 Å². The molecule has 0 aliphatic heterocycles. The first kappa shape index (κ1) is 16.2. The first-order valence-electron chi connectivity index (χ1n) is 5.87. The molecule has 0 aromatic carbocycles. The van der Waals surface area contributed by atoms with Crippen molar-refractivity contribution < 1.29 is 9.59 Å². The second-order valence-corrected chi connectivity index (χ2v) is 4.34. The molecule has 0 heterocycles. The first-order valence-corrected chi connectivity index (χ1v) is 5.87. The summed E-state index contributed by atoms with van der Waals surface area (Å²) in [5.74, 6) is 0.0214. The summed E-state index contributed by atoms with van der Waals surface area (Å²) in [4.78, 5) is 22.7. The number of nitrogens with one attached hydrogen (secondary N) is 2. The Morgan fingerprint density at radius 2 is 2.06 bits per heavy atom. The lowest BCUT2D eigenvalue weighted by atomic mass is 9.85. The fourth-order valence-corrected chi connectivity index (χ4v) is 2.03. The van der Waals surface area contributed by atoms with Crippen LogP contribution >= 0.6 is 12.4 Å². The fraction of sp³-hybridized carbons (Fsp3) is 0.818. The molecule has 0 aromatic heterocycles. The average molecular weight is 264 g/mol. The molecule has 0 spiro atoms. The van der Waals surface area contributed by atoms with Gasteiger partial charge in [-0.25, -0.2) is 0 Å². The van der Waals surface area contributed by atoms with Crippen molar-refractivity contribution in [1.82, 2.24) is 10.6 Å². The van der Waals surface area contributed by atoms with E-state index in [1.54, 1.807) is 7.05 Å². The van der Waals surface area contributed by atoms with Gasteiger partial charge in [-0.05, 0) is 19.3 Å². The van der Waals surface area contributed by atoms with Gasteiger partial charge in [-0.15, -0.1) is 12.4 Å². The molecule has 1 fully saturated rings. The second-order valence-electron chi connectivity index (χ2n) is 4.34. The highest BCUT2D eigenvalue weighted by Crippen LogP contribution is 2.22. The van der Waals surface area contributed by atoms with Crippen LogP contribution in [0.4, 0.5) is 0 Å². The molecule has 2 atom stereocenters. The molecule has 1 aliphatic rings. The highest BCUT2D eigenvalue weighted by atomic mass is 35.5. The normalized spacial score (nSPS) is 23.4. The van der Waals surface area contributed by atoms with Crippen LogP contribution in [0.2, 0.25) is 0 Å². The molecular formula is C11H22ClN3O2. The lowest BCUT2D eigenvalue weighted by molar-refractivity contribution is -0.126. The third-order valence-corrected chi connectivity index (χ3v) is 3.02. The third kappa shape index (κ3) is 5.89. The number of halogens is 1. The van der Waals surface area contributed by atoms with Crippen LogP contribution in [-0.2, 0) is 9.59 Å². The van der Waals surface area contributed by atoms with Crippen molar-refractivity contribution in [2.75, 3.05) is 13.6 Å². The van der Waals surface area contributed by atoms with Crippen LogP contribution in [-0.4, -0.2) is 31.4 Å². The van der Waals surface area contributed by atoms with Crippen molar-refractivity contribution in [2.45, 2.75) is 38.1 Å². The van der Waals surface area contributed by atoms with Gasteiger partial charge in [-0.1, -0.05) is 6.42 Å². The molecule has 1 saturated carbocycles. The summed E-state index contributed by atoms with van der Waals surface area (Å²) in [6.07, 6.45) is 4.06. The van der Waals surface area contributed by atoms with Gasteiger partial charge in [0, 0.05) is 32.0 Å². The number of hydrogen-bond donors (Lipinski definition) is 3. The zero-order valence-electron chi connectivity index (χ0n) is 10.2. The zero-order valence-corrected chi connectivity index (χ0v) is 11.0. The minimum absolute atomic E-state index is 0. The maximum Gasteiger partial charge on any atom is 0.223 e. The van der Waals surface area contributed by atoms with Crippen LogP contribution in [0.25, 0.3) is 0 Å². The number of rotatable bonds is 4. The monoisotopic (exact) mass is 263 g/mol. The highest BCUT2D eigenvalue weighted by Gasteiger charge is 2.24. The molecule has 0 saturated heterocycles. The first-order chi connectivity index (χ1) is 7.63. The van der Waals surface area contributed by atoms with Gasteiger partial charge >= 0.3 is 0 Å². The van der Waals surface area contributed by atoms with Gasteiger partial charge in [0.15, 0.2) is 0 Å². The van der Waals surface area contributed by atoms with E-state index < -0.39 is 0 Å². The predicted octanol–water partition coefficient (Wildman–Crippen LogP) is 0.178. The Kier molecular flexibility index (Phi) is 7.91. The summed E-state index contributed by atoms with van der Waals surface area (Å²) in [7, 11) is 1.59. The van der Waals surface area contributed by atoms with Crippen LogP contribution in [0.5, 0.6) is 0 Å². The van der Waals surface area contributed by atoms with E-state index in [4.69, 9.17) is 5.73 Å². The SMILES string of the molecule is CNC(=O)CCNC(=O)C1CCCC(N)C1.Cl. The summed E-state index contributed by atoms with van der Waals surface area (Å²) in [6.45, 7) is 0.407. The van der Waals surface area contributed by atoms with E-state index in [2.05, 4.69) is 10.6 Å². The minimum Gasteiger partial charge on any atom is -0.359 e. The van der Waals surface area contributed by atoms with Gasteiger partial charge in [0.1, 0.15) is 0 Å². The van der Waals surface area contributed by atoms with Crippen molar-refractivity contribution in [3.05, 3.63) is 0 Å². The Morgan fingerprint density at radius 3 is 2.65 bits per heavy atom. The smallest absolute Gasteiger partial charge is 0.223 e. The second kappa shape index (κ2) is 8.31. The van der Waals surface area contributed by atoms with Crippen molar-refractivity contribution in [3.8, 4) is 0 Å². The summed E-state index contributed by atoms with van der Waals surface area (Å²) >= 11 is 0. The number of carbonyl (C=O) groups is 2. The molecule has 17 heavy (non-hydrogen) atoms. The lowest BCUT2D eigenvalue weighted by Gasteiger charge is -2.25. The maximum atomic E-state index is 11.7. The maximum absolute atomic E-state index is 11.7. The van der Waals surface area contributed by atoms with Gasteiger partial charge < -0.3 is 16.4 Å². The number of amides is 2. The Labute approximate surface area is 108 Å². The van der Waals surface area contributed by atoms with E-state index in [0.717, 1.165) is 25.7 Å². The van der Waals surface area contributed by atoms with E-state index in [0.29, 0.717) is 13.0 Å². The summed E-state index contributed by atoms with van der Waals surface area (Å²) in [5, 5.41) is 5.30. The van der Waals surface area contributed by atoms with E-state index in [9.17, 15) is 9.59 Å². The molecule has 6 heteroatoms. The molecule has 1 aliphatic carbocycles. The molecule has 0 bridgehead atoms. The molecule has 0 aromatic rings. The fourth-order valence-electron chi connectivity index (χ4n) is 2.03. The van der Waals surface area contributed by atoms with Crippen LogP contribution < -0.4 is 16.4 Å². The van der Waals surface area contributed by atoms with Crippen LogP contribution in [0.3, 0.4) is 0 Å². The van der Waals surface area contributed by atoms with E-state index in [1.807, 2.05) is 0 Å². The topological polar surface area (TPSA) is 84.2 Å². The highest BCUT2D eigenvalue weighted by molar-refractivity contribution is 5.85. The quantitative estimate of drug-likeness (QED) is 0.676. The van der Waals surface area contributed by atoms with E-state index in [-0.39, 0.29) is 36.2 Å². The van der Waals surface area contributed by atoms with Gasteiger partial charge in [-0.2, -0.15) is 0 Å². The Hall–Kier alpha value is -0.810. The molecule has 0 radical (unpaired) electrons. The van der Waals surface area contributed by atoms with E-state index in [1.165, 1.54) is 0 Å². The molecule has 4 N–H and O–H groups in total. The van der Waals surface area contributed by atoms with E-state index >= 15 is 0 Å². The van der Waals surface area contributed by atoms with Crippen LogP contribution in [0.15, 0.2) is 0 Å². The van der Waals surface area contributed by atoms with Crippen molar-refractivity contribution in [1.29, 1.82) is 0 Å². The van der Waals surface area contributed by atoms with Gasteiger partial charge in [0.05, 0.1) is 0 Å². The van der Waals surface area contributed by atoms with Crippen molar-refractivity contribution >= 4 is 24.2 Å². The molecule has 100 valence electrons. The van der Waals surface area contributed by atoms with Crippen molar-refractivity contribution in [3.63, 3.8) is 0 Å². The molecule has 5 nitrogen and oxygen atoms in total. The van der Waals surface area contributed by atoms with Gasteiger partial charge in [0.2, 0.25) is 11.8 Å². The zero-order chi connectivity index (χ0) is 12.0. The molecule has 2 unspecified atom stereocenters. The minimum atomic E-state index is -0.0550. The standard InChI is InChI=1S/C11H21N3O2.ClH/c1-13-10(15)5-6-14-11(16)8-3-2-4-9(12)7-8;/h8-9H,2-7,12H2,1H3,(H,13,15)(H,14,16);1H. The molecular weight excluding hydrogens is 242 g/mol.